The smallest absolute Gasteiger partial charge is 0.149 e. The number of nitrogens with zero attached hydrogens (tertiary/aromatic N) is 2. The van der Waals surface area contributed by atoms with E-state index in [4.69, 9.17) is 4.74 Å². The van der Waals surface area contributed by atoms with Gasteiger partial charge in [-0.05, 0) is 18.2 Å². The maximum absolute atomic E-state index is 9.44. The van der Waals surface area contributed by atoms with E-state index in [0.717, 1.165) is 26.0 Å². The van der Waals surface area contributed by atoms with Gasteiger partial charge in [0.2, 0.25) is 0 Å². The first kappa shape index (κ1) is 12.0. The normalized spacial score (nSPS) is 19.4. The van der Waals surface area contributed by atoms with Gasteiger partial charge in [0.1, 0.15) is 15.8 Å². The lowest BCUT2D eigenvalue weighted by Gasteiger charge is -2.00. The number of aromatic hydroxyl groups is 1. The lowest BCUT2D eigenvalue weighted by molar-refractivity contribution is 0.187. The number of ether oxygens (including phenoxy) is 1. The molecule has 1 aliphatic rings. The first-order valence-corrected chi connectivity index (χ1v) is 7.36. The second kappa shape index (κ2) is 4.87. The molecule has 0 spiro atoms. The van der Waals surface area contributed by atoms with Crippen molar-refractivity contribution in [3.8, 4) is 5.75 Å². The summed E-state index contributed by atoms with van der Waals surface area (Å²) >= 11 is 3.28. The van der Waals surface area contributed by atoms with E-state index in [-0.39, 0.29) is 11.8 Å². The molecule has 3 rings (SSSR count). The average molecular weight is 280 g/mol. The van der Waals surface area contributed by atoms with Crippen molar-refractivity contribution < 1.29 is 9.84 Å². The van der Waals surface area contributed by atoms with Crippen LogP contribution in [-0.4, -0.2) is 40.6 Å². The molecule has 1 N–H and O–H groups in total. The molecule has 0 radical (unpaired) electrons. The monoisotopic (exact) mass is 280 g/mol. The van der Waals surface area contributed by atoms with E-state index in [1.807, 2.05) is 6.07 Å². The van der Waals surface area contributed by atoms with Gasteiger partial charge in [0.15, 0.2) is 0 Å². The number of thioether (sulfide) groups is 1. The predicted molar refractivity (Wildman–Crippen MR) is 75.9 cm³/mol. The summed E-state index contributed by atoms with van der Waals surface area (Å²) in [6, 6.07) is 5.46. The number of thiazole rings is 1. The van der Waals surface area contributed by atoms with Gasteiger partial charge in [-0.1, -0.05) is 0 Å². The lowest BCUT2D eigenvalue weighted by atomic mass is 10.3. The number of aliphatic imine (C=N–C) groups is 1. The van der Waals surface area contributed by atoms with Crippen molar-refractivity contribution in [2.45, 2.75) is 6.04 Å². The summed E-state index contributed by atoms with van der Waals surface area (Å²) in [5.41, 5.74) is 0.909. The molecule has 2 aromatic rings. The first-order chi connectivity index (χ1) is 8.76. The van der Waals surface area contributed by atoms with Gasteiger partial charge in [-0.15, -0.1) is 23.1 Å². The predicted octanol–water partition coefficient (Wildman–Crippen LogP) is 2.51. The number of aromatic nitrogens is 1. The Hall–Kier alpha value is -1.11. The second-order valence-corrected chi connectivity index (χ2v) is 6.06. The summed E-state index contributed by atoms with van der Waals surface area (Å²) in [6.45, 7) is 0.655. The van der Waals surface area contributed by atoms with Crippen molar-refractivity contribution >= 4 is 38.4 Å². The highest BCUT2D eigenvalue weighted by atomic mass is 32.2. The van der Waals surface area contributed by atoms with Gasteiger partial charge in [0, 0.05) is 12.9 Å². The molecule has 0 saturated heterocycles. The quantitative estimate of drug-likeness (QED) is 0.938. The molecular formula is C12H12N2O2S2. The molecule has 0 aliphatic carbocycles. The highest BCUT2D eigenvalue weighted by Crippen LogP contribution is 2.31. The zero-order valence-electron chi connectivity index (χ0n) is 9.79. The summed E-state index contributed by atoms with van der Waals surface area (Å²) in [4.78, 5) is 9.15. The number of hydrogen-bond donors (Lipinski definition) is 1. The Morgan fingerprint density at radius 3 is 3.22 bits per heavy atom. The zero-order chi connectivity index (χ0) is 12.5. The molecule has 94 valence electrons. The van der Waals surface area contributed by atoms with Crippen LogP contribution in [0.4, 0.5) is 0 Å². The van der Waals surface area contributed by atoms with Crippen LogP contribution in [0.1, 0.15) is 5.01 Å². The van der Waals surface area contributed by atoms with Crippen molar-refractivity contribution in [2.24, 2.45) is 4.99 Å². The fraction of sp³-hybridized carbons (Fsp3) is 0.333. The summed E-state index contributed by atoms with van der Waals surface area (Å²) < 4.78 is 6.10. The molecule has 0 bridgehead atoms. The van der Waals surface area contributed by atoms with E-state index in [1.54, 1.807) is 42.3 Å². The van der Waals surface area contributed by atoms with Crippen LogP contribution in [0.25, 0.3) is 10.2 Å². The van der Waals surface area contributed by atoms with E-state index >= 15 is 0 Å². The van der Waals surface area contributed by atoms with Gasteiger partial charge in [-0.25, -0.2) is 4.98 Å². The largest absolute Gasteiger partial charge is 0.508 e. The summed E-state index contributed by atoms with van der Waals surface area (Å²) in [7, 11) is 1.69. The molecule has 1 aliphatic heterocycles. The molecule has 1 aromatic heterocycles. The maximum atomic E-state index is 9.44. The van der Waals surface area contributed by atoms with E-state index in [1.165, 1.54) is 0 Å². The highest BCUT2D eigenvalue weighted by molar-refractivity contribution is 8.15. The minimum absolute atomic E-state index is 0.232. The SMILES string of the molecule is COCC1CSC(c2nc3ccc(O)cc3s2)=N1. The van der Waals surface area contributed by atoms with Crippen LogP contribution >= 0.6 is 23.1 Å². The van der Waals surface area contributed by atoms with Crippen molar-refractivity contribution in [1.82, 2.24) is 4.98 Å². The third-order valence-electron chi connectivity index (χ3n) is 2.63. The molecule has 1 atom stereocenters. The fourth-order valence-electron chi connectivity index (χ4n) is 1.81. The van der Waals surface area contributed by atoms with Gasteiger partial charge in [0.25, 0.3) is 0 Å². The second-order valence-electron chi connectivity index (χ2n) is 4.03. The third kappa shape index (κ3) is 2.23. The molecule has 0 amide bonds. The zero-order valence-corrected chi connectivity index (χ0v) is 11.4. The van der Waals surface area contributed by atoms with Gasteiger partial charge in [0.05, 0.1) is 22.9 Å². The van der Waals surface area contributed by atoms with Crippen LogP contribution < -0.4 is 0 Å². The van der Waals surface area contributed by atoms with Crippen molar-refractivity contribution in [2.75, 3.05) is 19.5 Å². The number of rotatable bonds is 3. The van der Waals surface area contributed by atoms with Crippen molar-refractivity contribution in [1.29, 1.82) is 0 Å². The number of phenols is 1. The fourth-order valence-corrected chi connectivity index (χ4v) is 3.92. The first-order valence-electron chi connectivity index (χ1n) is 5.56. The molecule has 1 aromatic carbocycles. The standard InChI is InChI=1S/C12H12N2O2S2/c1-16-5-7-6-17-11(13-7)12-14-9-3-2-8(15)4-10(9)18-12/h2-4,7,15H,5-6H2,1H3. The van der Waals surface area contributed by atoms with Crippen LogP contribution in [0.15, 0.2) is 23.2 Å². The number of fused-ring (bicyclic) bond motifs is 1. The van der Waals surface area contributed by atoms with E-state index in [2.05, 4.69) is 9.98 Å². The number of phenolic OH excluding ortho intramolecular Hbond substituents is 1. The Morgan fingerprint density at radius 1 is 1.50 bits per heavy atom. The number of methoxy groups -OCH3 is 1. The summed E-state index contributed by atoms with van der Waals surface area (Å²) in [5.74, 6) is 1.22. The molecule has 6 heteroatoms. The van der Waals surface area contributed by atoms with Crippen LogP contribution in [0.5, 0.6) is 5.75 Å². The van der Waals surface area contributed by atoms with Crippen molar-refractivity contribution in [3.05, 3.63) is 23.2 Å². The third-order valence-corrected chi connectivity index (χ3v) is 4.90. The average Bonchev–Trinajstić information content (AvgIpc) is 2.94. The van der Waals surface area contributed by atoms with E-state index < -0.39 is 0 Å². The Balaban J connectivity index is 1.93. The molecule has 0 fully saturated rings. The van der Waals surface area contributed by atoms with Crippen LogP contribution in [0.2, 0.25) is 0 Å². The van der Waals surface area contributed by atoms with Gasteiger partial charge < -0.3 is 9.84 Å². The van der Waals surface area contributed by atoms with Crippen molar-refractivity contribution in [3.63, 3.8) is 0 Å². The summed E-state index contributed by atoms with van der Waals surface area (Å²) in [6.07, 6.45) is 0. The number of hydrogen-bond acceptors (Lipinski definition) is 6. The molecule has 18 heavy (non-hydrogen) atoms. The Labute approximate surface area is 113 Å². The molecule has 0 saturated carbocycles. The summed E-state index contributed by atoms with van der Waals surface area (Å²) in [5, 5.41) is 11.4. The van der Waals surface area contributed by atoms with E-state index in [0.29, 0.717) is 6.61 Å². The van der Waals surface area contributed by atoms with Crippen LogP contribution in [-0.2, 0) is 4.74 Å². The molecular weight excluding hydrogens is 268 g/mol. The van der Waals surface area contributed by atoms with Crippen LogP contribution in [0.3, 0.4) is 0 Å². The van der Waals surface area contributed by atoms with Gasteiger partial charge in [-0.3, -0.25) is 4.99 Å². The van der Waals surface area contributed by atoms with Gasteiger partial charge in [-0.2, -0.15) is 0 Å². The molecule has 1 unspecified atom stereocenters. The minimum atomic E-state index is 0.232. The minimum Gasteiger partial charge on any atom is -0.508 e. The Kier molecular flexibility index (Phi) is 3.23. The van der Waals surface area contributed by atoms with E-state index in [9.17, 15) is 5.11 Å². The maximum Gasteiger partial charge on any atom is 0.149 e. The lowest BCUT2D eigenvalue weighted by Crippen LogP contribution is -2.11. The molecule has 4 nitrogen and oxygen atoms in total. The van der Waals surface area contributed by atoms with Crippen LogP contribution in [0, 0.1) is 0 Å². The van der Waals surface area contributed by atoms with Gasteiger partial charge >= 0.3 is 0 Å². The topological polar surface area (TPSA) is 54.7 Å². The molecule has 2 heterocycles. The highest BCUT2D eigenvalue weighted by Gasteiger charge is 2.21. The Morgan fingerprint density at radius 2 is 2.39 bits per heavy atom. The number of benzene rings is 1. The Bertz CT molecular complexity index is 609.